The molecule has 0 saturated heterocycles. The summed E-state index contributed by atoms with van der Waals surface area (Å²) >= 11 is 0. The van der Waals surface area contributed by atoms with Crippen LogP contribution >= 0.6 is 0 Å². The van der Waals surface area contributed by atoms with Crippen LogP contribution in [0.5, 0.6) is 0 Å². The lowest BCUT2D eigenvalue weighted by molar-refractivity contribution is 0.136. The molecule has 0 radical (unpaired) electrons. The van der Waals surface area contributed by atoms with Crippen molar-refractivity contribution in [3.8, 4) is 0 Å². The Balaban J connectivity index is 1.80. The van der Waals surface area contributed by atoms with E-state index in [2.05, 4.69) is 26.1 Å². The van der Waals surface area contributed by atoms with E-state index in [1.54, 1.807) is 6.08 Å². The van der Waals surface area contributed by atoms with Crippen LogP contribution in [-0.4, -0.2) is 26.3 Å². The number of hydrogen-bond donors (Lipinski definition) is 1. The van der Waals surface area contributed by atoms with Crippen LogP contribution in [0, 0.1) is 11.3 Å². The van der Waals surface area contributed by atoms with E-state index in [0.717, 1.165) is 5.92 Å². The van der Waals surface area contributed by atoms with Crippen LogP contribution in [0.1, 0.15) is 52.9 Å². The second-order valence-corrected chi connectivity index (χ2v) is 8.75. The molecular formula is C15H27NO2S. The average Bonchev–Trinajstić information content (AvgIpc) is 2.69. The highest BCUT2D eigenvalue weighted by atomic mass is 32.2. The van der Waals surface area contributed by atoms with Crippen molar-refractivity contribution < 1.29 is 8.42 Å². The van der Waals surface area contributed by atoms with Gasteiger partial charge >= 0.3 is 0 Å². The molecule has 1 atom stereocenters. The number of rotatable bonds is 4. The molecule has 2 rings (SSSR count). The van der Waals surface area contributed by atoms with Crippen molar-refractivity contribution in [3.63, 3.8) is 0 Å². The van der Waals surface area contributed by atoms with Gasteiger partial charge in [0.05, 0.1) is 5.75 Å². The minimum Gasteiger partial charge on any atom is -0.307 e. The smallest absolute Gasteiger partial charge is 0.173 e. The Hall–Kier alpha value is -0.350. The van der Waals surface area contributed by atoms with Crippen molar-refractivity contribution in [3.05, 3.63) is 11.5 Å². The van der Waals surface area contributed by atoms with Gasteiger partial charge in [-0.15, -0.1) is 0 Å². The van der Waals surface area contributed by atoms with Crippen molar-refractivity contribution in [1.82, 2.24) is 5.32 Å². The van der Waals surface area contributed by atoms with Crippen LogP contribution < -0.4 is 5.32 Å². The Labute approximate surface area is 117 Å². The van der Waals surface area contributed by atoms with Crippen LogP contribution in [-0.2, 0) is 9.84 Å². The topological polar surface area (TPSA) is 46.2 Å². The largest absolute Gasteiger partial charge is 0.307 e. The molecule has 0 amide bonds. The van der Waals surface area contributed by atoms with Crippen molar-refractivity contribution in [1.29, 1.82) is 0 Å². The molecule has 110 valence electrons. The third-order valence-electron chi connectivity index (χ3n) is 5.12. The average molecular weight is 285 g/mol. The molecule has 2 aliphatic rings. The molecule has 1 unspecified atom stereocenters. The van der Waals surface area contributed by atoms with Gasteiger partial charge in [-0.05, 0) is 37.0 Å². The molecule has 1 N–H and O–H groups in total. The normalized spacial score (nSPS) is 34.6. The molecule has 0 bridgehead atoms. The van der Waals surface area contributed by atoms with E-state index >= 15 is 0 Å². The zero-order valence-corrected chi connectivity index (χ0v) is 13.2. The van der Waals surface area contributed by atoms with Crippen molar-refractivity contribution in [2.75, 3.05) is 5.75 Å². The molecule has 1 heterocycles. The molecule has 4 heteroatoms. The van der Waals surface area contributed by atoms with E-state index in [9.17, 15) is 8.42 Å². The van der Waals surface area contributed by atoms with E-state index in [-0.39, 0.29) is 11.8 Å². The standard InChI is InChI=1S/C15H27NO2S/c1-4-15(2,3)12-5-7-13(8-6-12)16-14-9-10-19(17,18)11-14/h9-10,12-14,16H,4-8,11H2,1-3H3. The molecular weight excluding hydrogens is 258 g/mol. The van der Waals surface area contributed by atoms with Crippen LogP contribution in [0.2, 0.25) is 0 Å². The fourth-order valence-electron chi connectivity index (χ4n) is 3.31. The van der Waals surface area contributed by atoms with Gasteiger partial charge in [0.2, 0.25) is 0 Å². The predicted octanol–water partition coefficient (Wildman–Crippen LogP) is 2.88. The summed E-state index contributed by atoms with van der Waals surface area (Å²) in [7, 11) is -2.93. The molecule has 1 aliphatic heterocycles. The maximum Gasteiger partial charge on any atom is 0.173 e. The summed E-state index contributed by atoms with van der Waals surface area (Å²) in [6.07, 6.45) is 7.93. The SMILES string of the molecule is CCC(C)(C)C1CCC(NC2C=CS(=O)(=O)C2)CC1. The van der Waals surface area contributed by atoms with Gasteiger partial charge in [0.1, 0.15) is 0 Å². The molecule has 19 heavy (non-hydrogen) atoms. The zero-order chi connectivity index (χ0) is 14.1. The minimum atomic E-state index is -2.93. The van der Waals surface area contributed by atoms with Crippen molar-refractivity contribution in [2.24, 2.45) is 11.3 Å². The summed E-state index contributed by atoms with van der Waals surface area (Å²) in [5.41, 5.74) is 0.446. The minimum absolute atomic E-state index is 0.0331. The molecule has 0 aromatic carbocycles. The Morgan fingerprint density at radius 1 is 1.21 bits per heavy atom. The monoisotopic (exact) mass is 285 g/mol. The van der Waals surface area contributed by atoms with Gasteiger partial charge in [-0.25, -0.2) is 8.42 Å². The summed E-state index contributed by atoms with van der Waals surface area (Å²) in [6, 6.07) is 0.526. The van der Waals surface area contributed by atoms with Crippen LogP contribution in [0.15, 0.2) is 11.5 Å². The summed E-state index contributed by atoms with van der Waals surface area (Å²) < 4.78 is 22.8. The number of hydrogen-bond acceptors (Lipinski definition) is 3. The molecule has 0 aromatic heterocycles. The first kappa shape index (κ1) is 15.0. The van der Waals surface area contributed by atoms with Crippen molar-refractivity contribution >= 4 is 9.84 Å². The van der Waals surface area contributed by atoms with Gasteiger partial charge in [-0.3, -0.25) is 0 Å². The van der Waals surface area contributed by atoms with Gasteiger partial charge in [0.15, 0.2) is 9.84 Å². The van der Waals surface area contributed by atoms with E-state index in [1.807, 2.05) is 0 Å². The predicted molar refractivity (Wildman–Crippen MR) is 79.7 cm³/mol. The second-order valence-electron chi connectivity index (χ2n) is 6.82. The maximum absolute atomic E-state index is 11.4. The fraction of sp³-hybridized carbons (Fsp3) is 0.867. The van der Waals surface area contributed by atoms with E-state index in [0.29, 0.717) is 11.5 Å². The maximum atomic E-state index is 11.4. The summed E-state index contributed by atoms with van der Waals surface area (Å²) in [6.45, 7) is 7.02. The lowest BCUT2D eigenvalue weighted by Gasteiger charge is -2.39. The zero-order valence-electron chi connectivity index (χ0n) is 12.4. The lowest BCUT2D eigenvalue weighted by Crippen LogP contribution is -2.42. The second kappa shape index (κ2) is 5.57. The highest BCUT2D eigenvalue weighted by Gasteiger charge is 2.33. The first-order valence-electron chi connectivity index (χ1n) is 7.49. The first-order valence-corrected chi connectivity index (χ1v) is 9.21. The molecule has 3 nitrogen and oxygen atoms in total. The quantitative estimate of drug-likeness (QED) is 0.864. The van der Waals surface area contributed by atoms with Crippen molar-refractivity contribution in [2.45, 2.75) is 65.0 Å². The Bertz CT molecular complexity index is 431. The van der Waals surface area contributed by atoms with Gasteiger partial charge in [0.25, 0.3) is 0 Å². The van der Waals surface area contributed by atoms with Gasteiger partial charge in [0, 0.05) is 17.5 Å². The highest BCUT2D eigenvalue weighted by molar-refractivity contribution is 7.94. The lowest BCUT2D eigenvalue weighted by atomic mass is 9.69. The summed E-state index contributed by atoms with van der Waals surface area (Å²) in [5.74, 6) is 1.06. The third kappa shape index (κ3) is 3.82. The highest BCUT2D eigenvalue weighted by Crippen LogP contribution is 2.40. The molecule has 1 saturated carbocycles. The van der Waals surface area contributed by atoms with Crippen LogP contribution in [0.3, 0.4) is 0 Å². The first-order chi connectivity index (χ1) is 8.82. The molecule has 0 aromatic rings. The van der Waals surface area contributed by atoms with E-state index in [4.69, 9.17) is 0 Å². The van der Waals surface area contributed by atoms with Gasteiger partial charge in [-0.2, -0.15) is 0 Å². The third-order valence-corrected chi connectivity index (χ3v) is 6.52. The Kier molecular flexibility index (Phi) is 4.41. The molecule has 1 fully saturated rings. The summed E-state index contributed by atoms with van der Waals surface area (Å²) in [5, 5.41) is 4.86. The molecule has 0 spiro atoms. The van der Waals surface area contributed by atoms with Crippen LogP contribution in [0.4, 0.5) is 0 Å². The van der Waals surface area contributed by atoms with Gasteiger partial charge < -0.3 is 5.32 Å². The van der Waals surface area contributed by atoms with E-state index < -0.39 is 9.84 Å². The fourth-order valence-corrected chi connectivity index (χ4v) is 4.56. The van der Waals surface area contributed by atoms with Crippen LogP contribution in [0.25, 0.3) is 0 Å². The van der Waals surface area contributed by atoms with Gasteiger partial charge in [-0.1, -0.05) is 33.3 Å². The van der Waals surface area contributed by atoms with E-state index in [1.165, 1.54) is 37.5 Å². The number of sulfone groups is 1. The Morgan fingerprint density at radius 3 is 2.32 bits per heavy atom. The number of nitrogens with one attached hydrogen (secondary N) is 1. The summed E-state index contributed by atoms with van der Waals surface area (Å²) in [4.78, 5) is 0. The Morgan fingerprint density at radius 2 is 1.84 bits per heavy atom. The molecule has 1 aliphatic carbocycles.